The summed E-state index contributed by atoms with van der Waals surface area (Å²) in [7, 11) is 0. The molecule has 2 aliphatic carbocycles. The second kappa shape index (κ2) is 27.7. The molecule has 0 bridgehead atoms. The number of fused-ring (bicyclic) bond motifs is 32. The molecular formula is C118H66F3N7O2. The number of alkyl halides is 3. The number of nitrogens with zero attached hydrogens (tertiary/aromatic N) is 7. The van der Waals surface area contributed by atoms with Gasteiger partial charge in [-0.3, -0.25) is 0 Å². The standard InChI is InChI=1S/C118H66F3N7O2/c119-118(120,121)77-53-59-81(60-54-77)127(104-44-20-34-89-87-32-18-24-75(68-123)112(87)129-114(89)104)106-65-98-110(85-31-9-8-30-84(85)106)108-82-28-6-4-22-72(82)51-62-96(108)116(98)94-38-12-16-42-102(94)126(103-43-17-13-39-95(103)116)80-57-48-71(49-58-80)74-50-61-86-91(64-74)107(128(79-55-46-70(67-122)47-56-79)105-45-21-35-90-88-33-19-25-76(69-124)113(88)130-115(90)105)66-99-111(86)109-83-29-7-5-23-73(83)52-63-97(109)117(99)92-36-10-14-40-100(92)125(78-26-2-1-3-27-78)101-41-15-11-37-93(101)117/h1-66H. The number of hydrogen-bond acceptors (Lipinski definition) is 9. The molecule has 2 aliphatic heterocycles. The Labute approximate surface area is 743 Å². The molecule has 0 radical (unpaired) electrons. The number of para-hydroxylation sites is 9. The van der Waals surface area contributed by atoms with Crippen molar-refractivity contribution in [1.29, 1.82) is 15.8 Å². The number of furan rings is 2. The Kier molecular flexibility index (Phi) is 15.8. The van der Waals surface area contributed by atoms with Crippen LogP contribution in [0.1, 0.15) is 66.8 Å². The normalized spacial score (nSPS) is 13.4. The van der Waals surface area contributed by atoms with Crippen molar-refractivity contribution < 1.29 is 22.0 Å². The SMILES string of the molecule is N#Cc1ccc(N(c2cc3c(c4ccc(-c5ccc(N6c7ccccc7C7(c8ccccc86)c6ccc8ccccc8c6-c6c7cc(N(c7ccc(C(F)(F)F)cc7)c7cccc8c7oc7c(C#N)cccc78)c7ccccc67)cc5)cc24)-c2c(ccc4ccccc24)C32c3ccccc3N(c3ccccc3)c3ccccc32)c2cccc3c2oc2c(C#N)cccc23)cc1. The molecule has 22 aromatic rings. The monoisotopic (exact) mass is 1670 g/mol. The highest BCUT2D eigenvalue weighted by atomic mass is 19.4. The van der Waals surface area contributed by atoms with E-state index in [1.54, 1.807) is 24.3 Å². The van der Waals surface area contributed by atoms with Gasteiger partial charge in [-0.2, -0.15) is 29.0 Å². The van der Waals surface area contributed by atoms with Crippen molar-refractivity contribution in [1.82, 2.24) is 0 Å². The molecule has 0 saturated heterocycles. The lowest BCUT2D eigenvalue weighted by Gasteiger charge is -2.45. The second-order valence-electron chi connectivity index (χ2n) is 34.0. The van der Waals surface area contributed by atoms with Crippen molar-refractivity contribution in [3.8, 4) is 51.6 Å². The Balaban J connectivity index is 0.698. The van der Waals surface area contributed by atoms with Gasteiger partial charge in [0.2, 0.25) is 0 Å². The molecule has 606 valence electrons. The molecule has 2 aromatic heterocycles. The van der Waals surface area contributed by atoms with Gasteiger partial charge < -0.3 is 28.4 Å². The van der Waals surface area contributed by atoms with E-state index in [0.29, 0.717) is 56.1 Å². The van der Waals surface area contributed by atoms with E-state index in [1.807, 2.05) is 77.7 Å². The summed E-state index contributed by atoms with van der Waals surface area (Å²) in [5.41, 5.74) is 25.5. The van der Waals surface area contributed by atoms with Gasteiger partial charge in [0.05, 0.1) is 84.7 Å². The topological polar surface area (TPSA) is 111 Å². The van der Waals surface area contributed by atoms with Gasteiger partial charge in [0.25, 0.3) is 0 Å². The van der Waals surface area contributed by atoms with Crippen LogP contribution >= 0.6 is 0 Å². The molecule has 0 atom stereocenters. The molecule has 26 rings (SSSR count). The molecule has 12 heteroatoms. The Morgan fingerprint density at radius 3 is 1.11 bits per heavy atom. The van der Waals surface area contributed by atoms with E-state index < -0.39 is 22.6 Å². The molecule has 4 aliphatic rings. The Hall–Kier alpha value is -17.5. The third-order valence-electron chi connectivity index (χ3n) is 27.7. The zero-order valence-corrected chi connectivity index (χ0v) is 69.2. The maximum atomic E-state index is 14.9. The first-order valence-corrected chi connectivity index (χ1v) is 43.3. The van der Waals surface area contributed by atoms with Crippen molar-refractivity contribution in [2.45, 2.75) is 17.0 Å². The molecule has 0 fully saturated rings. The number of anilines is 12. The average Bonchev–Trinajstić information content (AvgIpc) is 1.50. The first-order chi connectivity index (χ1) is 64.0. The van der Waals surface area contributed by atoms with Gasteiger partial charge in [-0.1, -0.05) is 261 Å². The number of rotatable bonds is 9. The molecule has 0 N–H and O–H groups in total. The highest BCUT2D eigenvalue weighted by Gasteiger charge is 2.56. The van der Waals surface area contributed by atoms with Crippen LogP contribution in [0.15, 0.2) is 409 Å². The highest BCUT2D eigenvalue weighted by molar-refractivity contribution is 6.22. The summed E-state index contributed by atoms with van der Waals surface area (Å²) in [4.78, 5) is 9.14. The van der Waals surface area contributed by atoms with Gasteiger partial charge in [0.15, 0.2) is 22.3 Å². The molecule has 2 spiro atoms. The molecular weight excluding hydrogens is 1600 g/mol. The average molecular weight is 1670 g/mol. The number of hydrogen-bond donors (Lipinski definition) is 0. The van der Waals surface area contributed by atoms with Crippen molar-refractivity contribution in [2.24, 2.45) is 0 Å². The van der Waals surface area contributed by atoms with Gasteiger partial charge in [-0.15, -0.1) is 0 Å². The van der Waals surface area contributed by atoms with Crippen LogP contribution in [-0.4, -0.2) is 0 Å². The molecule has 0 unspecified atom stereocenters. The van der Waals surface area contributed by atoms with Crippen molar-refractivity contribution in [3.05, 3.63) is 467 Å². The largest absolute Gasteiger partial charge is 0.452 e. The van der Waals surface area contributed by atoms with Gasteiger partial charge in [0, 0.05) is 55.1 Å². The van der Waals surface area contributed by atoms with Crippen LogP contribution in [0.5, 0.6) is 0 Å². The fourth-order valence-corrected chi connectivity index (χ4v) is 22.5. The van der Waals surface area contributed by atoms with Crippen LogP contribution in [-0.2, 0) is 17.0 Å². The van der Waals surface area contributed by atoms with Crippen molar-refractivity contribution in [3.63, 3.8) is 0 Å². The van der Waals surface area contributed by atoms with Gasteiger partial charge >= 0.3 is 6.18 Å². The molecule has 130 heavy (non-hydrogen) atoms. The fourth-order valence-electron chi connectivity index (χ4n) is 22.5. The lowest BCUT2D eigenvalue weighted by molar-refractivity contribution is -0.137. The maximum absolute atomic E-state index is 14.9. The van der Waals surface area contributed by atoms with E-state index in [0.717, 1.165) is 206 Å². The third-order valence-corrected chi connectivity index (χ3v) is 27.7. The van der Waals surface area contributed by atoms with Gasteiger partial charge in [-0.25, -0.2) is 0 Å². The summed E-state index contributed by atoms with van der Waals surface area (Å²) in [5.74, 6) is 0. The van der Waals surface area contributed by atoms with E-state index in [2.05, 4.69) is 324 Å². The van der Waals surface area contributed by atoms with Crippen LogP contribution in [0.25, 0.3) is 120 Å². The summed E-state index contributed by atoms with van der Waals surface area (Å²) in [6.45, 7) is 0. The zero-order chi connectivity index (χ0) is 86.6. The number of nitriles is 3. The fraction of sp³-hybridized carbons (Fsp3) is 0.0254. The number of benzene rings is 20. The van der Waals surface area contributed by atoms with Crippen LogP contribution in [0.2, 0.25) is 0 Å². The zero-order valence-electron chi connectivity index (χ0n) is 69.2. The first kappa shape index (κ1) is 74.0. The predicted octanol–water partition coefficient (Wildman–Crippen LogP) is 31.6. The molecule has 0 amide bonds. The molecule has 0 saturated carbocycles. The summed E-state index contributed by atoms with van der Waals surface area (Å²) < 4.78 is 58.6. The first-order valence-electron chi connectivity index (χ1n) is 43.3. The van der Waals surface area contributed by atoms with Crippen LogP contribution in [0.3, 0.4) is 0 Å². The minimum atomic E-state index is -4.61. The van der Waals surface area contributed by atoms with Gasteiger partial charge in [0.1, 0.15) is 12.1 Å². The van der Waals surface area contributed by atoms with E-state index in [9.17, 15) is 29.0 Å². The van der Waals surface area contributed by atoms with Crippen molar-refractivity contribution >= 4 is 155 Å². The Bertz CT molecular complexity index is 8720. The summed E-state index contributed by atoms with van der Waals surface area (Å²) >= 11 is 0. The molecule has 20 aromatic carbocycles. The molecule has 4 heterocycles. The smallest absolute Gasteiger partial charge is 0.416 e. The van der Waals surface area contributed by atoms with E-state index in [1.165, 1.54) is 0 Å². The van der Waals surface area contributed by atoms with E-state index in [4.69, 9.17) is 8.83 Å². The molecule has 9 nitrogen and oxygen atoms in total. The lowest BCUT2D eigenvalue weighted by Crippen LogP contribution is -2.36. The minimum absolute atomic E-state index is 0.361. The van der Waals surface area contributed by atoms with Crippen LogP contribution < -0.4 is 19.6 Å². The lowest BCUT2D eigenvalue weighted by atomic mass is 9.64. The number of halogens is 3. The second-order valence-corrected chi connectivity index (χ2v) is 34.0. The van der Waals surface area contributed by atoms with Crippen LogP contribution in [0.4, 0.5) is 81.4 Å². The minimum Gasteiger partial charge on any atom is -0.452 e. The maximum Gasteiger partial charge on any atom is 0.416 e. The Morgan fingerprint density at radius 2 is 0.638 bits per heavy atom. The summed E-state index contributed by atoms with van der Waals surface area (Å²) in [6, 6.07) is 145. The Morgan fingerprint density at radius 1 is 0.262 bits per heavy atom. The van der Waals surface area contributed by atoms with Crippen molar-refractivity contribution in [2.75, 3.05) is 19.6 Å². The summed E-state index contributed by atoms with van der Waals surface area (Å²) in [6.07, 6.45) is -4.61. The summed E-state index contributed by atoms with van der Waals surface area (Å²) in [5, 5.41) is 43.1. The predicted molar refractivity (Wildman–Crippen MR) is 516 cm³/mol. The van der Waals surface area contributed by atoms with E-state index in [-0.39, 0.29) is 0 Å². The van der Waals surface area contributed by atoms with E-state index >= 15 is 0 Å². The van der Waals surface area contributed by atoms with Gasteiger partial charge in [-0.05, 0) is 250 Å². The van der Waals surface area contributed by atoms with Crippen LogP contribution in [0, 0.1) is 34.0 Å². The highest BCUT2D eigenvalue weighted by Crippen LogP contribution is 2.70. The quantitative estimate of drug-likeness (QED) is 0.139. The third kappa shape index (κ3) is 10.2.